The lowest BCUT2D eigenvalue weighted by molar-refractivity contribution is 0.0927. The lowest BCUT2D eigenvalue weighted by Gasteiger charge is -2.23. The van der Waals surface area contributed by atoms with Gasteiger partial charge < -0.3 is 5.32 Å². The molecule has 0 atom stereocenters. The van der Waals surface area contributed by atoms with Crippen LogP contribution < -0.4 is 10.0 Å². The number of nitrogens with one attached hydrogen (secondary N) is 2. The normalized spacial score (nSPS) is 18.5. The second-order valence-electron chi connectivity index (χ2n) is 8.04. The van der Waals surface area contributed by atoms with Crippen molar-refractivity contribution in [1.29, 1.82) is 0 Å². The molecule has 154 valence electrons. The van der Waals surface area contributed by atoms with E-state index >= 15 is 0 Å². The first-order valence-corrected chi connectivity index (χ1v) is 12.0. The Balaban J connectivity index is 1.64. The number of hydrogen-bond acceptors (Lipinski definition) is 3. The summed E-state index contributed by atoms with van der Waals surface area (Å²) in [6.07, 6.45) is 13.1. The average Bonchev–Trinajstić information content (AvgIpc) is 2.69. The van der Waals surface area contributed by atoms with E-state index in [1.165, 1.54) is 30.9 Å². The summed E-state index contributed by atoms with van der Waals surface area (Å²) in [6.45, 7) is 2.24. The topological polar surface area (TPSA) is 75.3 Å². The van der Waals surface area contributed by atoms with Crippen LogP contribution in [-0.4, -0.2) is 26.9 Å². The van der Waals surface area contributed by atoms with Gasteiger partial charge in [-0.05, 0) is 69.6 Å². The van der Waals surface area contributed by atoms with Crippen molar-refractivity contribution in [3.8, 4) is 0 Å². The molecule has 6 heteroatoms. The summed E-state index contributed by atoms with van der Waals surface area (Å²) in [5, 5.41) is 3.08. The number of hydrogen-bond donors (Lipinski definition) is 2. The number of carbonyl (C=O) groups excluding carboxylic acids is 1. The fourth-order valence-electron chi connectivity index (χ4n) is 4.08. The molecule has 0 aliphatic heterocycles. The van der Waals surface area contributed by atoms with Crippen molar-refractivity contribution >= 4 is 15.9 Å². The maximum Gasteiger partial charge on any atom is 0.251 e. The smallest absolute Gasteiger partial charge is 0.251 e. The first-order valence-electron chi connectivity index (χ1n) is 10.5. The molecule has 0 heterocycles. The average molecular weight is 405 g/mol. The molecule has 1 amide bonds. The Kier molecular flexibility index (Phi) is 7.30. The highest BCUT2D eigenvalue weighted by Crippen LogP contribution is 2.21. The Morgan fingerprint density at radius 2 is 1.89 bits per heavy atom. The van der Waals surface area contributed by atoms with Crippen molar-refractivity contribution in [3.63, 3.8) is 0 Å². The standard InChI is InChI=1S/C22H32N2O3S/c1-17-12-13-20(16-21(17)22(25)24-19-10-6-3-7-11-19)28(26,27)23-15-14-18-8-4-2-5-9-18/h8,12-13,16,19,23H,2-7,9-11,14-15H2,1H3,(H,24,25). The van der Waals surface area contributed by atoms with Gasteiger partial charge in [0, 0.05) is 18.2 Å². The quantitative estimate of drug-likeness (QED) is 0.668. The maximum atomic E-state index is 12.7. The summed E-state index contributed by atoms with van der Waals surface area (Å²) in [5.41, 5.74) is 2.58. The van der Waals surface area contributed by atoms with Gasteiger partial charge >= 0.3 is 0 Å². The second-order valence-corrected chi connectivity index (χ2v) is 9.81. The lowest BCUT2D eigenvalue weighted by atomic mass is 9.95. The minimum atomic E-state index is -3.62. The van der Waals surface area contributed by atoms with E-state index in [1.807, 2.05) is 6.92 Å². The molecular weight excluding hydrogens is 372 g/mol. The molecule has 1 aromatic rings. The highest BCUT2D eigenvalue weighted by atomic mass is 32.2. The van der Waals surface area contributed by atoms with Crippen LogP contribution in [0.3, 0.4) is 0 Å². The SMILES string of the molecule is Cc1ccc(S(=O)(=O)NCCC2=CCCCC2)cc1C(=O)NC1CCCCC1. The Morgan fingerprint density at radius 1 is 1.11 bits per heavy atom. The number of allylic oxidation sites excluding steroid dienone is 1. The van der Waals surface area contributed by atoms with Crippen LogP contribution in [-0.2, 0) is 10.0 Å². The monoisotopic (exact) mass is 404 g/mol. The van der Waals surface area contributed by atoms with Crippen molar-refractivity contribution in [2.45, 2.75) is 82.1 Å². The predicted molar refractivity (Wildman–Crippen MR) is 112 cm³/mol. The van der Waals surface area contributed by atoms with Gasteiger partial charge in [-0.1, -0.05) is 37.0 Å². The lowest BCUT2D eigenvalue weighted by Crippen LogP contribution is -2.36. The Bertz CT molecular complexity index is 824. The molecule has 0 unspecified atom stereocenters. The summed E-state index contributed by atoms with van der Waals surface area (Å²) in [4.78, 5) is 12.9. The van der Waals surface area contributed by atoms with Gasteiger partial charge in [0.1, 0.15) is 0 Å². The van der Waals surface area contributed by atoms with E-state index in [0.717, 1.165) is 50.5 Å². The molecule has 2 aliphatic rings. The fourth-order valence-corrected chi connectivity index (χ4v) is 5.14. The molecule has 0 radical (unpaired) electrons. The van der Waals surface area contributed by atoms with Crippen molar-refractivity contribution in [2.24, 2.45) is 0 Å². The van der Waals surface area contributed by atoms with Crippen LogP contribution in [0.5, 0.6) is 0 Å². The number of rotatable bonds is 7. The summed E-state index contributed by atoms with van der Waals surface area (Å²) >= 11 is 0. The van der Waals surface area contributed by atoms with Gasteiger partial charge in [0.05, 0.1) is 4.90 Å². The molecule has 1 saturated carbocycles. The van der Waals surface area contributed by atoms with Crippen molar-refractivity contribution < 1.29 is 13.2 Å². The van der Waals surface area contributed by atoms with Crippen LogP contribution in [0, 0.1) is 6.92 Å². The highest BCUT2D eigenvalue weighted by molar-refractivity contribution is 7.89. The third-order valence-corrected chi connectivity index (χ3v) is 7.29. The number of sulfonamides is 1. The van der Waals surface area contributed by atoms with Crippen LogP contribution in [0.4, 0.5) is 0 Å². The van der Waals surface area contributed by atoms with E-state index in [1.54, 1.807) is 12.1 Å². The summed E-state index contributed by atoms with van der Waals surface area (Å²) in [7, 11) is -3.62. The first-order chi connectivity index (χ1) is 13.5. The van der Waals surface area contributed by atoms with Gasteiger partial charge in [-0.15, -0.1) is 0 Å². The number of amides is 1. The van der Waals surface area contributed by atoms with Gasteiger partial charge in [-0.25, -0.2) is 13.1 Å². The molecule has 0 aromatic heterocycles. The predicted octanol–water partition coefficient (Wildman–Crippen LogP) is 4.23. The third-order valence-electron chi connectivity index (χ3n) is 5.83. The first kappa shape index (κ1) is 21.1. The molecule has 1 aromatic carbocycles. The van der Waals surface area contributed by atoms with Crippen LogP contribution in [0.2, 0.25) is 0 Å². The zero-order valence-electron chi connectivity index (χ0n) is 16.8. The molecule has 2 N–H and O–H groups in total. The molecule has 0 saturated heterocycles. The Labute approximate surface area is 169 Å². The van der Waals surface area contributed by atoms with E-state index < -0.39 is 10.0 Å². The van der Waals surface area contributed by atoms with Crippen molar-refractivity contribution in [2.75, 3.05) is 6.54 Å². The van der Waals surface area contributed by atoms with E-state index in [0.29, 0.717) is 12.1 Å². The molecule has 3 rings (SSSR count). The van der Waals surface area contributed by atoms with Crippen LogP contribution >= 0.6 is 0 Å². The van der Waals surface area contributed by atoms with Crippen LogP contribution in [0.15, 0.2) is 34.7 Å². The number of benzene rings is 1. The van der Waals surface area contributed by atoms with Crippen molar-refractivity contribution in [3.05, 3.63) is 41.0 Å². The summed E-state index contributed by atoms with van der Waals surface area (Å²) < 4.78 is 28.1. The minimum Gasteiger partial charge on any atom is -0.349 e. The van der Waals surface area contributed by atoms with Gasteiger partial charge in [-0.2, -0.15) is 0 Å². The maximum absolute atomic E-state index is 12.7. The van der Waals surface area contributed by atoms with Gasteiger partial charge in [-0.3, -0.25) is 4.79 Å². The van der Waals surface area contributed by atoms with Gasteiger partial charge in [0.2, 0.25) is 10.0 Å². The van der Waals surface area contributed by atoms with Crippen LogP contribution in [0.1, 0.15) is 80.1 Å². The molecule has 5 nitrogen and oxygen atoms in total. The molecule has 28 heavy (non-hydrogen) atoms. The van der Waals surface area contributed by atoms with E-state index in [4.69, 9.17) is 0 Å². The Morgan fingerprint density at radius 3 is 2.61 bits per heavy atom. The number of carbonyl (C=O) groups is 1. The minimum absolute atomic E-state index is 0.157. The molecule has 1 fully saturated rings. The highest BCUT2D eigenvalue weighted by Gasteiger charge is 2.21. The fraction of sp³-hybridized carbons (Fsp3) is 0.591. The van der Waals surface area contributed by atoms with Gasteiger partial charge in [0.25, 0.3) is 5.91 Å². The zero-order chi connectivity index (χ0) is 20.0. The number of aryl methyl sites for hydroxylation is 1. The largest absolute Gasteiger partial charge is 0.349 e. The van der Waals surface area contributed by atoms with E-state index in [9.17, 15) is 13.2 Å². The van der Waals surface area contributed by atoms with Crippen LogP contribution in [0.25, 0.3) is 0 Å². The molecule has 0 bridgehead atoms. The van der Waals surface area contributed by atoms with Gasteiger partial charge in [0.15, 0.2) is 0 Å². The van der Waals surface area contributed by atoms with Crippen molar-refractivity contribution in [1.82, 2.24) is 10.0 Å². The molecule has 2 aliphatic carbocycles. The second kappa shape index (κ2) is 9.70. The zero-order valence-corrected chi connectivity index (χ0v) is 17.6. The van der Waals surface area contributed by atoms with E-state index in [2.05, 4.69) is 16.1 Å². The Hall–Kier alpha value is -1.66. The molecular formula is C22H32N2O3S. The summed E-state index contributed by atoms with van der Waals surface area (Å²) in [6, 6.07) is 5.00. The summed E-state index contributed by atoms with van der Waals surface area (Å²) in [5.74, 6) is -0.172. The third kappa shape index (κ3) is 5.67. The molecule has 0 spiro atoms. The van der Waals surface area contributed by atoms with E-state index in [-0.39, 0.29) is 16.8 Å².